The third-order valence-corrected chi connectivity index (χ3v) is 4.84. The van der Waals surface area contributed by atoms with E-state index in [9.17, 15) is 22.8 Å². The predicted octanol–water partition coefficient (Wildman–Crippen LogP) is 5.65. The summed E-state index contributed by atoms with van der Waals surface area (Å²) in [5.41, 5.74) is -1.93. The monoisotopic (exact) mass is 469 g/mol. The lowest BCUT2D eigenvalue weighted by Gasteiger charge is -2.25. The van der Waals surface area contributed by atoms with Crippen LogP contribution >= 0.6 is 0 Å². The van der Waals surface area contributed by atoms with Gasteiger partial charge in [-0.3, -0.25) is 9.36 Å². The highest BCUT2D eigenvalue weighted by atomic mass is 19.4. The van der Waals surface area contributed by atoms with Crippen molar-refractivity contribution < 1.29 is 22.7 Å². The highest BCUT2D eigenvalue weighted by Crippen LogP contribution is 2.30. The standard InChI is InChI=1S/C24H34F3N3O3/c1-22(2,3)15-30-19(10-8-9-13-29(7)21(32)33-23(4,5)6)28-18-12-11-16(24(25,26)27)14-17(18)20(30)31/h11-12,14H,8-10,13,15H2,1-7H3. The predicted molar refractivity (Wildman–Crippen MR) is 122 cm³/mol. The van der Waals surface area contributed by atoms with Gasteiger partial charge in [0.2, 0.25) is 0 Å². The molecule has 0 aliphatic heterocycles. The molecule has 0 fully saturated rings. The largest absolute Gasteiger partial charge is 0.444 e. The number of rotatable bonds is 6. The average Bonchev–Trinajstić information content (AvgIpc) is 2.64. The zero-order valence-corrected chi connectivity index (χ0v) is 20.5. The third kappa shape index (κ3) is 7.75. The lowest BCUT2D eigenvalue weighted by molar-refractivity contribution is -0.137. The third-order valence-electron chi connectivity index (χ3n) is 4.84. The van der Waals surface area contributed by atoms with Gasteiger partial charge in [-0.1, -0.05) is 20.8 Å². The smallest absolute Gasteiger partial charge is 0.416 e. The molecule has 184 valence electrons. The van der Waals surface area contributed by atoms with Crippen molar-refractivity contribution in [2.75, 3.05) is 13.6 Å². The Labute approximate surface area is 192 Å². The molecule has 0 aliphatic rings. The van der Waals surface area contributed by atoms with Gasteiger partial charge in [-0.05, 0) is 57.2 Å². The first-order valence-corrected chi connectivity index (χ1v) is 11.0. The summed E-state index contributed by atoms with van der Waals surface area (Å²) >= 11 is 0. The Kier molecular flexibility index (Phi) is 7.86. The SMILES string of the molecule is CN(CCCCc1nc2ccc(C(F)(F)F)cc2c(=O)n1CC(C)(C)C)C(=O)OC(C)(C)C. The molecule has 0 unspecified atom stereocenters. The lowest BCUT2D eigenvalue weighted by atomic mass is 9.96. The van der Waals surface area contributed by atoms with Crippen LogP contribution in [-0.2, 0) is 23.9 Å². The molecule has 1 amide bonds. The summed E-state index contributed by atoms with van der Waals surface area (Å²) < 4.78 is 46.3. The van der Waals surface area contributed by atoms with Gasteiger partial charge in [0.1, 0.15) is 11.4 Å². The van der Waals surface area contributed by atoms with Crippen LogP contribution in [0.15, 0.2) is 23.0 Å². The van der Waals surface area contributed by atoms with Gasteiger partial charge in [-0.15, -0.1) is 0 Å². The molecular weight excluding hydrogens is 435 g/mol. The first-order valence-electron chi connectivity index (χ1n) is 11.0. The Morgan fingerprint density at radius 1 is 1.09 bits per heavy atom. The van der Waals surface area contributed by atoms with Crippen LogP contribution in [0.2, 0.25) is 0 Å². The molecule has 1 heterocycles. The maximum atomic E-state index is 13.2. The van der Waals surface area contributed by atoms with Gasteiger partial charge in [0.05, 0.1) is 16.5 Å². The topological polar surface area (TPSA) is 64.4 Å². The number of ether oxygens (including phenoxy) is 1. The molecule has 0 aliphatic carbocycles. The second-order valence-electron chi connectivity index (χ2n) is 10.6. The number of unbranched alkanes of at least 4 members (excludes halogenated alkanes) is 1. The molecule has 0 saturated heterocycles. The molecule has 0 spiro atoms. The summed E-state index contributed by atoms with van der Waals surface area (Å²) in [5, 5.41) is -0.0394. The van der Waals surface area contributed by atoms with Crippen molar-refractivity contribution in [2.24, 2.45) is 5.41 Å². The first-order chi connectivity index (χ1) is 15.0. The lowest BCUT2D eigenvalue weighted by Crippen LogP contribution is -2.34. The van der Waals surface area contributed by atoms with Gasteiger partial charge in [0, 0.05) is 26.6 Å². The minimum absolute atomic E-state index is 0.0394. The molecule has 33 heavy (non-hydrogen) atoms. The summed E-state index contributed by atoms with van der Waals surface area (Å²) in [5.74, 6) is 0.530. The van der Waals surface area contributed by atoms with E-state index < -0.39 is 29.0 Å². The zero-order chi connectivity index (χ0) is 25.2. The molecule has 0 bridgehead atoms. The second kappa shape index (κ2) is 9.73. The molecule has 9 heteroatoms. The molecule has 2 rings (SSSR count). The summed E-state index contributed by atoms with van der Waals surface area (Å²) in [6.45, 7) is 12.1. The van der Waals surface area contributed by atoms with E-state index in [1.165, 1.54) is 15.5 Å². The van der Waals surface area contributed by atoms with Crippen molar-refractivity contribution in [1.82, 2.24) is 14.5 Å². The van der Waals surface area contributed by atoms with Gasteiger partial charge in [0.25, 0.3) is 5.56 Å². The number of hydrogen-bond donors (Lipinski definition) is 0. The maximum absolute atomic E-state index is 13.2. The molecule has 2 aromatic rings. The van der Waals surface area contributed by atoms with Crippen molar-refractivity contribution in [3.05, 3.63) is 39.9 Å². The molecule has 0 N–H and O–H groups in total. The van der Waals surface area contributed by atoms with Crippen molar-refractivity contribution >= 4 is 17.0 Å². The van der Waals surface area contributed by atoms with Crippen LogP contribution in [0, 0.1) is 5.41 Å². The van der Waals surface area contributed by atoms with Crippen LogP contribution in [-0.4, -0.2) is 39.7 Å². The molecule has 0 saturated carbocycles. The van der Waals surface area contributed by atoms with E-state index in [2.05, 4.69) is 4.98 Å². The maximum Gasteiger partial charge on any atom is 0.416 e. The number of amides is 1. The average molecular weight is 470 g/mol. The number of halogens is 3. The van der Waals surface area contributed by atoms with Crippen LogP contribution in [0.25, 0.3) is 10.9 Å². The number of alkyl halides is 3. The minimum atomic E-state index is -4.53. The highest BCUT2D eigenvalue weighted by Gasteiger charge is 2.31. The summed E-state index contributed by atoms with van der Waals surface area (Å²) in [6.07, 6.45) is -3.17. The van der Waals surface area contributed by atoms with Crippen LogP contribution in [0.4, 0.5) is 18.0 Å². The van der Waals surface area contributed by atoms with E-state index in [0.29, 0.717) is 38.2 Å². The van der Waals surface area contributed by atoms with Crippen molar-refractivity contribution in [3.63, 3.8) is 0 Å². The fraction of sp³-hybridized carbons (Fsp3) is 0.625. The molecule has 0 atom stereocenters. The van der Waals surface area contributed by atoms with E-state index in [1.54, 1.807) is 27.8 Å². The fourth-order valence-electron chi connectivity index (χ4n) is 3.33. The fourth-order valence-corrected chi connectivity index (χ4v) is 3.33. The Morgan fingerprint density at radius 2 is 1.73 bits per heavy atom. The van der Waals surface area contributed by atoms with E-state index in [0.717, 1.165) is 12.1 Å². The number of aryl methyl sites for hydroxylation is 1. The number of hydrogen-bond acceptors (Lipinski definition) is 4. The minimum Gasteiger partial charge on any atom is -0.444 e. The number of carbonyl (C=O) groups is 1. The molecule has 1 aromatic heterocycles. The molecule has 0 radical (unpaired) electrons. The first kappa shape index (κ1) is 26.7. The van der Waals surface area contributed by atoms with Crippen LogP contribution < -0.4 is 5.56 Å². The second-order valence-corrected chi connectivity index (χ2v) is 10.6. The summed E-state index contributed by atoms with van der Waals surface area (Å²) in [4.78, 5) is 31.3. The van der Waals surface area contributed by atoms with Gasteiger partial charge in [-0.25, -0.2) is 9.78 Å². The van der Waals surface area contributed by atoms with Crippen LogP contribution in [0.5, 0.6) is 0 Å². The van der Waals surface area contributed by atoms with Crippen molar-refractivity contribution in [3.8, 4) is 0 Å². The van der Waals surface area contributed by atoms with Gasteiger partial charge in [0.15, 0.2) is 0 Å². The zero-order valence-electron chi connectivity index (χ0n) is 20.5. The number of fused-ring (bicyclic) bond motifs is 1. The number of carbonyl (C=O) groups excluding carboxylic acids is 1. The van der Waals surface area contributed by atoms with Gasteiger partial charge >= 0.3 is 12.3 Å². The summed E-state index contributed by atoms with van der Waals surface area (Å²) in [7, 11) is 1.66. The van der Waals surface area contributed by atoms with Crippen LogP contribution in [0.1, 0.15) is 65.8 Å². The number of benzene rings is 1. The Morgan fingerprint density at radius 3 is 2.27 bits per heavy atom. The van der Waals surface area contributed by atoms with E-state index >= 15 is 0 Å². The number of nitrogens with zero attached hydrogens (tertiary/aromatic N) is 3. The molecule has 1 aromatic carbocycles. The quantitative estimate of drug-likeness (QED) is 0.513. The highest BCUT2D eigenvalue weighted by molar-refractivity contribution is 5.78. The van der Waals surface area contributed by atoms with E-state index in [1.807, 2.05) is 20.8 Å². The summed E-state index contributed by atoms with van der Waals surface area (Å²) in [6, 6.07) is 3.08. The number of aromatic nitrogens is 2. The molecular formula is C24H34F3N3O3. The van der Waals surface area contributed by atoms with Crippen molar-refractivity contribution in [1.29, 1.82) is 0 Å². The Hall–Kier alpha value is -2.58. The normalized spacial score (nSPS) is 12.8. The Bertz CT molecular complexity index is 1050. The molecule has 6 nitrogen and oxygen atoms in total. The van der Waals surface area contributed by atoms with Crippen LogP contribution in [0.3, 0.4) is 0 Å². The van der Waals surface area contributed by atoms with Gasteiger partial charge in [-0.2, -0.15) is 13.2 Å². The van der Waals surface area contributed by atoms with Gasteiger partial charge < -0.3 is 9.64 Å². The van der Waals surface area contributed by atoms with Crippen molar-refractivity contribution in [2.45, 2.75) is 79.1 Å². The van der Waals surface area contributed by atoms with E-state index in [-0.39, 0.29) is 16.3 Å². The van der Waals surface area contributed by atoms with E-state index in [4.69, 9.17) is 4.74 Å². The Balaban J connectivity index is 2.25.